The quantitative estimate of drug-likeness (QED) is 0.467. The smallest absolute Gasteiger partial charge is 0.127 e. The molecule has 0 radical (unpaired) electrons. The molecule has 0 heterocycles. The van der Waals surface area contributed by atoms with Crippen molar-refractivity contribution >= 4 is 0 Å². The minimum atomic E-state index is -0.755. The Kier molecular flexibility index (Phi) is 1.70. The molecule has 9 heavy (non-hydrogen) atoms. The number of hydrogen-bond acceptors (Lipinski definition) is 0. The van der Waals surface area contributed by atoms with Crippen LogP contribution in [0.2, 0.25) is 0 Å². The zero-order chi connectivity index (χ0) is 6.85. The summed E-state index contributed by atoms with van der Waals surface area (Å²) in [6.07, 6.45) is 4.87. The van der Waals surface area contributed by atoms with Crippen molar-refractivity contribution in [2.75, 3.05) is 0 Å². The van der Waals surface area contributed by atoms with Gasteiger partial charge in [0.15, 0.2) is 0 Å². The molecule has 0 aromatic rings. The van der Waals surface area contributed by atoms with Crippen LogP contribution in [-0.4, -0.2) is 6.17 Å². The van der Waals surface area contributed by atoms with Crippen LogP contribution in [0.25, 0.3) is 0 Å². The highest BCUT2D eigenvalue weighted by molar-refractivity contribution is 5.22. The van der Waals surface area contributed by atoms with E-state index in [0.717, 1.165) is 5.57 Å². The molecule has 1 aliphatic rings. The molecule has 0 fully saturated rings. The van der Waals surface area contributed by atoms with Crippen LogP contribution in [0.5, 0.6) is 0 Å². The molecule has 50 valence electrons. The lowest BCUT2D eigenvalue weighted by Gasteiger charge is -2.16. The fourth-order valence-corrected chi connectivity index (χ4v) is 0.987. The van der Waals surface area contributed by atoms with Crippen LogP contribution < -0.4 is 0 Å². The van der Waals surface area contributed by atoms with Gasteiger partial charge in [-0.2, -0.15) is 0 Å². The first-order chi connectivity index (χ1) is 4.22. The standard InChI is InChI=1S/C8H11F/c1-6-4-3-5-7(2)8(6)9/h3-6,8H,1-2H3. The Morgan fingerprint density at radius 2 is 2.22 bits per heavy atom. The van der Waals surface area contributed by atoms with E-state index in [1.165, 1.54) is 0 Å². The highest BCUT2D eigenvalue weighted by atomic mass is 19.1. The van der Waals surface area contributed by atoms with E-state index in [0.29, 0.717) is 0 Å². The molecule has 0 saturated carbocycles. The predicted molar refractivity (Wildman–Crippen MR) is 37.0 cm³/mol. The average Bonchev–Trinajstić information content (AvgIpc) is 1.83. The minimum Gasteiger partial charge on any atom is -0.242 e. The molecule has 0 amide bonds. The monoisotopic (exact) mass is 126 g/mol. The second-order valence-corrected chi connectivity index (χ2v) is 2.56. The molecule has 0 aromatic carbocycles. The molecule has 0 spiro atoms. The summed E-state index contributed by atoms with van der Waals surface area (Å²) in [5.41, 5.74) is 0.838. The topological polar surface area (TPSA) is 0 Å². The lowest BCUT2D eigenvalue weighted by Crippen LogP contribution is -2.13. The van der Waals surface area contributed by atoms with Crippen LogP contribution >= 0.6 is 0 Å². The van der Waals surface area contributed by atoms with Crippen LogP contribution in [0, 0.1) is 5.92 Å². The summed E-state index contributed by atoms with van der Waals surface area (Å²) in [4.78, 5) is 0. The zero-order valence-electron chi connectivity index (χ0n) is 5.76. The summed E-state index contributed by atoms with van der Waals surface area (Å²) < 4.78 is 12.9. The van der Waals surface area contributed by atoms with E-state index in [9.17, 15) is 4.39 Å². The van der Waals surface area contributed by atoms with E-state index in [1.54, 1.807) is 0 Å². The molecule has 2 atom stereocenters. The first-order valence-electron chi connectivity index (χ1n) is 3.21. The number of allylic oxidation sites excluding steroid dienone is 4. The van der Waals surface area contributed by atoms with Gasteiger partial charge in [-0.1, -0.05) is 25.2 Å². The van der Waals surface area contributed by atoms with E-state index < -0.39 is 6.17 Å². The van der Waals surface area contributed by atoms with Crippen molar-refractivity contribution in [1.29, 1.82) is 0 Å². The number of alkyl halides is 1. The van der Waals surface area contributed by atoms with Crippen molar-refractivity contribution in [3.63, 3.8) is 0 Å². The van der Waals surface area contributed by atoms with Crippen molar-refractivity contribution < 1.29 is 4.39 Å². The van der Waals surface area contributed by atoms with Crippen molar-refractivity contribution in [3.8, 4) is 0 Å². The maximum atomic E-state index is 12.9. The first-order valence-corrected chi connectivity index (χ1v) is 3.21. The van der Waals surface area contributed by atoms with Crippen LogP contribution in [0.15, 0.2) is 23.8 Å². The maximum Gasteiger partial charge on any atom is 0.127 e. The fraction of sp³-hybridized carbons (Fsp3) is 0.500. The number of hydrogen-bond donors (Lipinski definition) is 0. The van der Waals surface area contributed by atoms with Gasteiger partial charge in [0.05, 0.1) is 0 Å². The van der Waals surface area contributed by atoms with Gasteiger partial charge in [0.1, 0.15) is 6.17 Å². The molecular formula is C8H11F. The van der Waals surface area contributed by atoms with Gasteiger partial charge < -0.3 is 0 Å². The van der Waals surface area contributed by atoms with Crippen LogP contribution in [-0.2, 0) is 0 Å². The van der Waals surface area contributed by atoms with E-state index in [-0.39, 0.29) is 5.92 Å². The minimum absolute atomic E-state index is 0.0648. The van der Waals surface area contributed by atoms with Gasteiger partial charge in [-0.15, -0.1) is 0 Å². The summed E-state index contributed by atoms with van der Waals surface area (Å²) in [5, 5.41) is 0. The third-order valence-electron chi connectivity index (χ3n) is 1.67. The molecule has 0 saturated heterocycles. The summed E-state index contributed by atoms with van der Waals surface area (Å²) in [6.45, 7) is 3.71. The molecule has 1 rings (SSSR count). The Hall–Kier alpha value is -0.590. The zero-order valence-corrected chi connectivity index (χ0v) is 5.76. The largest absolute Gasteiger partial charge is 0.242 e. The Labute approximate surface area is 55.1 Å². The maximum absolute atomic E-state index is 12.9. The van der Waals surface area contributed by atoms with E-state index >= 15 is 0 Å². The Morgan fingerprint density at radius 3 is 2.67 bits per heavy atom. The van der Waals surface area contributed by atoms with Crippen LogP contribution in [0.4, 0.5) is 4.39 Å². The van der Waals surface area contributed by atoms with E-state index in [2.05, 4.69) is 0 Å². The number of rotatable bonds is 0. The average molecular weight is 126 g/mol. The summed E-state index contributed by atoms with van der Waals surface area (Å²) in [6, 6.07) is 0. The Bertz CT molecular complexity index is 156. The van der Waals surface area contributed by atoms with Crippen LogP contribution in [0.1, 0.15) is 13.8 Å². The lowest BCUT2D eigenvalue weighted by molar-refractivity contribution is 0.317. The third kappa shape index (κ3) is 1.21. The molecule has 0 nitrogen and oxygen atoms in total. The Balaban J connectivity index is 2.73. The highest BCUT2D eigenvalue weighted by Gasteiger charge is 2.16. The van der Waals surface area contributed by atoms with Crippen molar-refractivity contribution in [3.05, 3.63) is 23.8 Å². The van der Waals surface area contributed by atoms with Crippen LogP contribution in [0.3, 0.4) is 0 Å². The fourth-order valence-electron chi connectivity index (χ4n) is 0.987. The molecule has 1 heteroatoms. The molecule has 2 unspecified atom stereocenters. The lowest BCUT2D eigenvalue weighted by atomic mass is 9.95. The van der Waals surface area contributed by atoms with E-state index in [1.807, 2.05) is 32.1 Å². The van der Waals surface area contributed by atoms with Gasteiger partial charge in [-0.25, -0.2) is 4.39 Å². The van der Waals surface area contributed by atoms with Gasteiger partial charge in [-0.3, -0.25) is 0 Å². The van der Waals surface area contributed by atoms with Crippen molar-refractivity contribution in [1.82, 2.24) is 0 Å². The molecule has 1 aliphatic carbocycles. The SMILES string of the molecule is CC1=CC=CC(C)C1F. The second kappa shape index (κ2) is 2.34. The predicted octanol–water partition coefficient (Wildman–Crippen LogP) is 2.48. The molecule has 0 aromatic heterocycles. The third-order valence-corrected chi connectivity index (χ3v) is 1.67. The van der Waals surface area contributed by atoms with Crippen molar-refractivity contribution in [2.45, 2.75) is 20.0 Å². The van der Waals surface area contributed by atoms with Gasteiger partial charge in [0.2, 0.25) is 0 Å². The summed E-state index contributed by atoms with van der Waals surface area (Å²) in [7, 11) is 0. The molecular weight excluding hydrogens is 115 g/mol. The van der Waals surface area contributed by atoms with Gasteiger partial charge in [0, 0.05) is 5.92 Å². The molecule has 0 N–H and O–H groups in total. The second-order valence-electron chi connectivity index (χ2n) is 2.56. The Morgan fingerprint density at radius 1 is 1.56 bits per heavy atom. The van der Waals surface area contributed by atoms with Crippen molar-refractivity contribution in [2.24, 2.45) is 5.92 Å². The van der Waals surface area contributed by atoms with Gasteiger partial charge in [-0.05, 0) is 12.5 Å². The molecule has 0 aliphatic heterocycles. The van der Waals surface area contributed by atoms with Gasteiger partial charge >= 0.3 is 0 Å². The summed E-state index contributed by atoms with van der Waals surface area (Å²) in [5.74, 6) is 0.0648. The first kappa shape index (κ1) is 6.53. The summed E-state index contributed by atoms with van der Waals surface area (Å²) >= 11 is 0. The normalized spacial score (nSPS) is 34.3. The number of halogens is 1. The van der Waals surface area contributed by atoms with E-state index in [4.69, 9.17) is 0 Å². The molecule has 0 bridgehead atoms. The highest BCUT2D eigenvalue weighted by Crippen LogP contribution is 2.20. The van der Waals surface area contributed by atoms with Gasteiger partial charge in [0.25, 0.3) is 0 Å².